The lowest BCUT2D eigenvalue weighted by molar-refractivity contribution is 0.476. The Morgan fingerprint density at radius 1 is 1.39 bits per heavy atom. The van der Waals surface area contributed by atoms with E-state index in [1.165, 1.54) is 0 Å². The molecule has 4 heteroatoms. The lowest BCUT2D eigenvalue weighted by Gasteiger charge is -2.23. The van der Waals surface area contributed by atoms with Crippen LogP contribution in [-0.4, -0.2) is 30.2 Å². The minimum Gasteiger partial charge on any atom is -0.508 e. The minimum absolute atomic E-state index is 0.261. The lowest BCUT2D eigenvalue weighted by atomic mass is 10.1. The molecule has 0 saturated heterocycles. The maximum absolute atomic E-state index is 9.60. The first kappa shape index (κ1) is 12.6. The molecule has 0 saturated carbocycles. The Kier molecular flexibility index (Phi) is 3.67. The van der Waals surface area contributed by atoms with Gasteiger partial charge in [0.05, 0.1) is 0 Å². The van der Waals surface area contributed by atoms with E-state index in [0.717, 1.165) is 23.1 Å². The van der Waals surface area contributed by atoms with Crippen molar-refractivity contribution < 1.29 is 5.11 Å². The smallest absolute Gasteiger partial charge is 0.136 e. The number of hydrogen-bond acceptors (Lipinski definition) is 4. The fourth-order valence-corrected chi connectivity index (χ4v) is 2.07. The van der Waals surface area contributed by atoms with E-state index in [-0.39, 0.29) is 5.75 Å². The number of phenolic OH excluding ortho intramolecular Hbond substituents is 1. The van der Waals surface area contributed by atoms with Crippen LogP contribution in [0.2, 0.25) is 0 Å². The summed E-state index contributed by atoms with van der Waals surface area (Å²) in [5.41, 5.74) is 5.65. The van der Waals surface area contributed by atoms with Crippen LogP contribution in [0.25, 0.3) is 10.8 Å². The van der Waals surface area contributed by atoms with Gasteiger partial charge in [-0.2, -0.15) is 0 Å². The van der Waals surface area contributed by atoms with Crippen molar-refractivity contribution in [2.75, 3.05) is 25.0 Å². The molecule has 1 heterocycles. The highest BCUT2D eigenvalue weighted by molar-refractivity contribution is 5.93. The van der Waals surface area contributed by atoms with E-state index >= 15 is 0 Å². The average Bonchev–Trinajstić information content (AvgIpc) is 2.37. The van der Waals surface area contributed by atoms with Crippen LogP contribution in [0.5, 0.6) is 5.75 Å². The van der Waals surface area contributed by atoms with Crippen LogP contribution in [-0.2, 0) is 0 Å². The summed E-state index contributed by atoms with van der Waals surface area (Å²) < 4.78 is 0. The number of aromatic hydroxyl groups is 1. The molecule has 96 valence electrons. The summed E-state index contributed by atoms with van der Waals surface area (Å²) >= 11 is 0. The molecule has 3 N–H and O–H groups in total. The van der Waals surface area contributed by atoms with Crippen molar-refractivity contribution in [3.05, 3.63) is 30.5 Å². The Balaban J connectivity index is 2.40. The molecule has 0 radical (unpaired) electrons. The quantitative estimate of drug-likeness (QED) is 0.864. The van der Waals surface area contributed by atoms with Gasteiger partial charge in [0, 0.05) is 25.2 Å². The molecule has 2 rings (SSSR count). The van der Waals surface area contributed by atoms with Gasteiger partial charge in [0.1, 0.15) is 11.6 Å². The predicted molar refractivity (Wildman–Crippen MR) is 74.9 cm³/mol. The summed E-state index contributed by atoms with van der Waals surface area (Å²) in [6.07, 6.45) is 1.79. The SMILES string of the molecule is CC(CN)CN(C)c1nccc2ccc(O)cc12. The van der Waals surface area contributed by atoms with E-state index in [9.17, 15) is 5.11 Å². The van der Waals surface area contributed by atoms with Crippen LogP contribution in [0.1, 0.15) is 6.92 Å². The number of nitrogens with zero attached hydrogens (tertiary/aromatic N) is 2. The van der Waals surface area contributed by atoms with Crippen molar-refractivity contribution in [3.63, 3.8) is 0 Å². The average molecular weight is 245 g/mol. The van der Waals surface area contributed by atoms with Crippen LogP contribution in [0, 0.1) is 5.92 Å². The predicted octanol–water partition coefficient (Wildman–Crippen LogP) is 1.97. The number of fused-ring (bicyclic) bond motifs is 1. The summed E-state index contributed by atoms with van der Waals surface area (Å²) in [6, 6.07) is 7.28. The van der Waals surface area contributed by atoms with E-state index in [1.54, 1.807) is 18.3 Å². The van der Waals surface area contributed by atoms with Crippen molar-refractivity contribution in [2.24, 2.45) is 11.7 Å². The first-order chi connectivity index (χ1) is 8.61. The van der Waals surface area contributed by atoms with Gasteiger partial charge >= 0.3 is 0 Å². The first-order valence-corrected chi connectivity index (χ1v) is 6.10. The number of anilines is 1. The van der Waals surface area contributed by atoms with Crippen molar-refractivity contribution in [1.82, 2.24) is 4.98 Å². The number of aromatic nitrogens is 1. The molecule has 0 fully saturated rings. The Morgan fingerprint density at radius 2 is 2.17 bits per heavy atom. The van der Waals surface area contributed by atoms with E-state index in [2.05, 4.69) is 16.8 Å². The molecule has 0 aliphatic heterocycles. The highest BCUT2D eigenvalue weighted by Gasteiger charge is 2.10. The molecule has 1 aromatic heterocycles. The van der Waals surface area contributed by atoms with Crippen LogP contribution in [0.4, 0.5) is 5.82 Å². The van der Waals surface area contributed by atoms with Gasteiger partial charge in [-0.3, -0.25) is 0 Å². The zero-order chi connectivity index (χ0) is 13.1. The number of nitrogens with two attached hydrogens (primary N) is 1. The Bertz CT molecular complexity index is 542. The van der Waals surface area contributed by atoms with Gasteiger partial charge in [0.25, 0.3) is 0 Å². The summed E-state index contributed by atoms with van der Waals surface area (Å²) in [7, 11) is 2.00. The fraction of sp³-hybridized carbons (Fsp3) is 0.357. The van der Waals surface area contributed by atoms with Crippen molar-refractivity contribution >= 4 is 16.6 Å². The summed E-state index contributed by atoms with van der Waals surface area (Å²) in [4.78, 5) is 6.49. The maximum Gasteiger partial charge on any atom is 0.136 e. The minimum atomic E-state index is 0.261. The fourth-order valence-electron chi connectivity index (χ4n) is 2.07. The molecule has 0 aliphatic carbocycles. The molecule has 1 unspecified atom stereocenters. The van der Waals surface area contributed by atoms with Gasteiger partial charge in [-0.05, 0) is 36.0 Å². The second-order valence-corrected chi connectivity index (χ2v) is 4.76. The largest absolute Gasteiger partial charge is 0.508 e. The summed E-state index contributed by atoms with van der Waals surface area (Å²) in [5, 5.41) is 11.6. The third-order valence-electron chi connectivity index (χ3n) is 3.08. The van der Waals surface area contributed by atoms with E-state index in [4.69, 9.17) is 5.73 Å². The molecular weight excluding hydrogens is 226 g/mol. The second-order valence-electron chi connectivity index (χ2n) is 4.76. The number of phenols is 1. The van der Waals surface area contributed by atoms with Gasteiger partial charge in [-0.1, -0.05) is 13.0 Å². The molecule has 18 heavy (non-hydrogen) atoms. The number of benzene rings is 1. The van der Waals surface area contributed by atoms with Gasteiger partial charge < -0.3 is 15.7 Å². The van der Waals surface area contributed by atoms with Crippen molar-refractivity contribution in [3.8, 4) is 5.75 Å². The number of pyridine rings is 1. The van der Waals surface area contributed by atoms with Crippen molar-refractivity contribution in [1.29, 1.82) is 0 Å². The molecule has 4 nitrogen and oxygen atoms in total. The lowest BCUT2D eigenvalue weighted by Crippen LogP contribution is -2.28. The third-order valence-corrected chi connectivity index (χ3v) is 3.08. The van der Waals surface area contributed by atoms with E-state index in [1.807, 2.05) is 19.2 Å². The summed E-state index contributed by atoms with van der Waals surface area (Å²) in [5.74, 6) is 1.55. The molecule has 0 amide bonds. The van der Waals surface area contributed by atoms with Crippen LogP contribution in [0.15, 0.2) is 30.5 Å². The van der Waals surface area contributed by atoms with Gasteiger partial charge in [0.15, 0.2) is 0 Å². The van der Waals surface area contributed by atoms with Crippen molar-refractivity contribution in [2.45, 2.75) is 6.92 Å². The van der Waals surface area contributed by atoms with E-state index < -0.39 is 0 Å². The molecule has 0 spiro atoms. The highest BCUT2D eigenvalue weighted by Crippen LogP contribution is 2.27. The number of rotatable bonds is 4. The first-order valence-electron chi connectivity index (χ1n) is 6.10. The van der Waals surface area contributed by atoms with Crippen LogP contribution < -0.4 is 10.6 Å². The normalized spacial score (nSPS) is 12.6. The van der Waals surface area contributed by atoms with Gasteiger partial charge in [0.2, 0.25) is 0 Å². The topological polar surface area (TPSA) is 62.4 Å². The summed E-state index contributed by atoms with van der Waals surface area (Å²) in [6.45, 7) is 3.61. The Morgan fingerprint density at radius 3 is 2.89 bits per heavy atom. The molecular formula is C14H19N3O. The molecule has 0 aliphatic rings. The van der Waals surface area contributed by atoms with Crippen LogP contribution in [0.3, 0.4) is 0 Å². The Hall–Kier alpha value is -1.81. The monoisotopic (exact) mass is 245 g/mol. The molecule has 1 atom stereocenters. The molecule has 0 bridgehead atoms. The highest BCUT2D eigenvalue weighted by atomic mass is 16.3. The third kappa shape index (κ3) is 2.54. The standard InChI is InChI=1S/C14H19N3O/c1-10(8-15)9-17(2)14-13-7-12(18)4-3-11(13)5-6-16-14/h3-7,10,18H,8-9,15H2,1-2H3. The van der Waals surface area contributed by atoms with Gasteiger partial charge in [-0.25, -0.2) is 4.98 Å². The molecule has 2 aromatic rings. The second kappa shape index (κ2) is 5.23. The van der Waals surface area contributed by atoms with Crippen LogP contribution >= 0.6 is 0 Å². The zero-order valence-electron chi connectivity index (χ0n) is 10.8. The maximum atomic E-state index is 9.60. The Labute approximate surface area is 107 Å². The van der Waals surface area contributed by atoms with Gasteiger partial charge in [-0.15, -0.1) is 0 Å². The number of hydrogen-bond donors (Lipinski definition) is 2. The van der Waals surface area contributed by atoms with E-state index in [0.29, 0.717) is 12.5 Å². The zero-order valence-corrected chi connectivity index (χ0v) is 10.8. The molecule has 1 aromatic carbocycles.